The number of aryl methyl sites for hydroxylation is 1. The molecule has 0 amide bonds. The smallest absolute Gasteiger partial charge is 0.257 e. The van der Waals surface area contributed by atoms with Crippen LogP contribution in [0, 0.1) is 6.92 Å². The molecule has 0 atom stereocenters. The maximum Gasteiger partial charge on any atom is 0.257 e. The first-order valence-electron chi connectivity index (χ1n) is 3.72. The third-order valence-corrected chi connectivity index (χ3v) is 1.85. The molecule has 2 aromatic rings. The SMILES string of the molecule is Cc1c[nH]c(=O)c2cccnc12. The number of pyridine rings is 2. The van der Waals surface area contributed by atoms with Gasteiger partial charge in [0.1, 0.15) is 0 Å². The van der Waals surface area contributed by atoms with Gasteiger partial charge in [-0.3, -0.25) is 9.78 Å². The van der Waals surface area contributed by atoms with Gasteiger partial charge in [-0.1, -0.05) is 0 Å². The third kappa shape index (κ3) is 0.906. The van der Waals surface area contributed by atoms with Crippen molar-refractivity contribution in [1.82, 2.24) is 9.97 Å². The Bertz CT molecular complexity index is 473. The maximum absolute atomic E-state index is 11.2. The zero-order valence-electron chi connectivity index (χ0n) is 6.66. The van der Waals surface area contributed by atoms with E-state index in [4.69, 9.17) is 0 Å². The van der Waals surface area contributed by atoms with E-state index in [9.17, 15) is 4.79 Å². The highest BCUT2D eigenvalue weighted by molar-refractivity contribution is 5.79. The molecule has 0 saturated carbocycles. The Balaban J connectivity index is 3.05. The van der Waals surface area contributed by atoms with Gasteiger partial charge >= 0.3 is 0 Å². The lowest BCUT2D eigenvalue weighted by Crippen LogP contribution is -2.06. The quantitative estimate of drug-likeness (QED) is 0.630. The molecule has 0 saturated heterocycles. The van der Waals surface area contributed by atoms with E-state index in [-0.39, 0.29) is 5.56 Å². The Morgan fingerprint density at radius 1 is 1.50 bits per heavy atom. The van der Waals surface area contributed by atoms with E-state index in [1.165, 1.54) is 0 Å². The molecule has 0 unspecified atom stereocenters. The molecule has 3 nitrogen and oxygen atoms in total. The molecule has 60 valence electrons. The van der Waals surface area contributed by atoms with Gasteiger partial charge in [0.25, 0.3) is 5.56 Å². The highest BCUT2D eigenvalue weighted by Crippen LogP contribution is 2.08. The summed E-state index contributed by atoms with van der Waals surface area (Å²) in [5.74, 6) is 0. The van der Waals surface area contributed by atoms with E-state index in [1.54, 1.807) is 24.5 Å². The number of hydrogen-bond acceptors (Lipinski definition) is 2. The number of rotatable bonds is 0. The van der Waals surface area contributed by atoms with E-state index in [2.05, 4.69) is 9.97 Å². The number of fused-ring (bicyclic) bond motifs is 1. The molecule has 1 N–H and O–H groups in total. The van der Waals surface area contributed by atoms with Crippen molar-refractivity contribution >= 4 is 10.9 Å². The predicted octanol–water partition coefficient (Wildman–Crippen LogP) is 1.23. The monoisotopic (exact) mass is 160 g/mol. The Kier molecular flexibility index (Phi) is 1.43. The first-order valence-corrected chi connectivity index (χ1v) is 3.72. The Morgan fingerprint density at radius 3 is 3.08 bits per heavy atom. The van der Waals surface area contributed by atoms with E-state index >= 15 is 0 Å². The molecule has 0 aromatic carbocycles. The molecule has 12 heavy (non-hydrogen) atoms. The fourth-order valence-corrected chi connectivity index (χ4v) is 1.22. The standard InChI is InChI=1S/C9H8N2O/c1-6-5-11-9(12)7-3-2-4-10-8(6)7/h2-5H,1H3,(H,11,12). The average Bonchev–Trinajstić information content (AvgIpc) is 2.12. The van der Waals surface area contributed by atoms with Crippen molar-refractivity contribution in [3.8, 4) is 0 Å². The van der Waals surface area contributed by atoms with Gasteiger partial charge in [-0.2, -0.15) is 0 Å². The lowest BCUT2D eigenvalue weighted by atomic mass is 10.2. The summed E-state index contributed by atoms with van der Waals surface area (Å²) in [6.45, 7) is 1.92. The fraction of sp³-hybridized carbons (Fsp3) is 0.111. The number of nitrogens with one attached hydrogen (secondary N) is 1. The van der Waals surface area contributed by atoms with Gasteiger partial charge in [0.2, 0.25) is 0 Å². The lowest BCUT2D eigenvalue weighted by molar-refractivity contribution is 1.22. The number of aromatic nitrogens is 2. The van der Waals surface area contributed by atoms with Crippen LogP contribution >= 0.6 is 0 Å². The van der Waals surface area contributed by atoms with Gasteiger partial charge in [-0.15, -0.1) is 0 Å². The van der Waals surface area contributed by atoms with E-state index in [0.29, 0.717) is 5.39 Å². The second-order valence-electron chi connectivity index (χ2n) is 2.70. The molecular formula is C9H8N2O. The number of nitrogens with zero attached hydrogens (tertiary/aromatic N) is 1. The van der Waals surface area contributed by atoms with Crippen LogP contribution in [-0.4, -0.2) is 9.97 Å². The number of H-pyrrole nitrogens is 1. The fourth-order valence-electron chi connectivity index (χ4n) is 1.22. The Morgan fingerprint density at radius 2 is 2.33 bits per heavy atom. The summed E-state index contributed by atoms with van der Waals surface area (Å²) in [6.07, 6.45) is 3.37. The highest BCUT2D eigenvalue weighted by Gasteiger charge is 1.99. The van der Waals surface area contributed by atoms with Crippen LogP contribution in [0.4, 0.5) is 0 Å². The van der Waals surface area contributed by atoms with Gasteiger partial charge in [0, 0.05) is 12.4 Å². The van der Waals surface area contributed by atoms with Gasteiger partial charge < -0.3 is 4.98 Å². The molecule has 2 heterocycles. The Hall–Kier alpha value is -1.64. The van der Waals surface area contributed by atoms with Crippen molar-refractivity contribution in [2.75, 3.05) is 0 Å². The minimum absolute atomic E-state index is 0.0799. The summed E-state index contributed by atoms with van der Waals surface area (Å²) in [7, 11) is 0. The second-order valence-corrected chi connectivity index (χ2v) is 2.70. The largest absolute Gasteiger partial charge is 0.328 e. The van der Waals surface area contributed by atoms with Gasteiger partial charge in [-0.05, 0) is 24.6 Å². The second kappa shape index (κ2) is 2.44. The summed E-state index contributed by atoms with van der Waals surface area (Å²) in [5.41, 5.74) is 1.69. The number of aromatic amines is 1. The minimum atomic E-state index is -0.0799. The first kappa shape index (κ1) is 7.03. The van der Waals surface area contributed by atoms with Gasteiger partial charge in [0.15, 0.2) is 0 Å². The predicted molar refractivity (Wildman–Crippen MR) is 47.1 cm³/mol. The number of hydrogen-bond donors (Lipinski definition) is 1. The van der Waals surface area contributed by atoms with Gasteiger partial charge in [0.05, 0.1) is 10.9 Å². The van der Waals surface area contributed by atoms with Crippen LogP contribution in [0.1, 0.15) is 5.56 Å². The Labute approximate surface area is 69.1 Å². The van der Waals surface area contributed by atoms with Crippen LogP contribution < -0.4 is 5.56 Å². The van der Waals surface area contributed by atoms with Crippen molar-refractivity contribution in [3.05, 3.63) is 40.4 Å². The van der Waals surface area contributed by atoms with Crippen molar-refractivity contribution in [3.63, 3.8) is 0 Å². The molecule has 0 spiro atoms. The average molecular weight is 160 g/mol. The molecule has 0 aliphatic carbocycles. The molecule has 0 bridgehead atoms. The minimum Gasteiger partial charge on any atom is -0.328 e. The maximum atomic E-state index is 11.2. The summed E-state index contributed by atoms with van der Waals surface area (Å²) in [5, 5.41) is 0.650. The topological polar surface area (TPSA) is 45.8 Å². The van der Waals surface area contributed by atoms with E-state index in [0.717, 1.165) is 11.1 Å². The molecule has 0 aliphatic heterocycles. The molecule has 0 radical (unpaired) electrons. The first-order chi connectivity index (χ1) is 5.79. The van der Waals surface area contributed by atoms with Crippen LogP contribution in [0.25, 0.3) is 10.9 Å². The molecule has 2 aromatic heterocycles. The van der Waals surface area contributed by atoms with Crippen LogP contribution in [-0.2, 0) is 0 Å². The molecule has 0 aliphatic rings. The van der Waals surface area contributed by atoms with E-state index in [1.807, 2.05) is 6.92 Å². The third-order valence-electron chi connectivity index (χ3n) is 1.85. The summed E-state index contributed by atoms with van der Waals surface area (Å²) in [6, 6.07) is 3.53. The van der Waals surface area contributed by atoms with Crippen LogP contribution in [0.2, 0.25) is 0 Å². The van der Waals surface area contributed by atoms with Crippen molar-refractivity contribution in [2.24, 2.45) is 0 Å². The van der Waals surface area contributed by atoms with Crippen LogP contribution in [0.5, 0.6) is 0 Å². The van der Waals surface area contributed by atoms with Crippen LogP contribution in [0.3, 0.4) is 0 Å². The van der Waals surface area contributed by atoms with Crippen molar-refractivity contribution in [2.45, 2.75) is 6.92 Å². The normalized spacial score (nSPS) is 10.4. The van der Waals surface area contributed by atoms with Crippen molar-refractivity contribution in [1.29, 1.82) is 0 Å². The molecule has 2 rings (SSSR count). The van der Waals surface area contributed by atoms with Crippen LogP contribution in [0.15, 0.2) is 29.3 Å². The van der Waals surface area contributed by atoms with Gasteiger partial charge in [-0.25, -0.2) is 0 Å². The summed E-state index contributed by atoms with van der Waals surface area (Å²) >= 11 is 0. The summed E-state index contributed by atoms with van der Waals surface area (Å²) < 4.78 is 0. The van der Waals surface area contributed by atoms with Crippen molar-refractivity contribution < 1.29 is 0 Å². The zero-order chi connectivity index (χ0) is 8.55. The highest BCUT2D eigenvalue weighted by atomic mass is 16.1. The van der Waals surface area contributed by atoms with E-state index < -0.39 is 0 Å². The molecule has 3 heteroatoms. The summed E-state index contributed by atoms with van der Waals surface area (Å²) in [4.78, 5) is 18.0. The molecule has 0 fully saturated rings. The lowest BCUT2D eigenvalue weighted by Gasteiger charge is -1.97. The molecular weight excluding hydrogens is 152 g/mol. The zero-order valence-corrected chi connectivity index (χ0v) is 6.66.